The van der Waals surface area contributed by atoms with Crippen LogP contribution in [-0.2, 0) is 24.1 Å². The molecule has 0 aliphatic heterocycles. The third kappa shape index (κ3) is 4.76. The first-order chi connectivity index (χ1) is 16.5. The van der Waals surface area contributed by atoms with E-state index in [-0.39, 0.29) is 39.3 Å². The molecule has 184 valence electrons. The standard InChI is InChI=1S/C22H22F3N7O2S/c1-4-32-12(3)14(9-28-32)13-7-15(22(23,24)25)29-21-17(13)18(19(35-21)20(26)34)30-16(33)5-6-31-10-11(2)8-27-31/h7-10H,4-6H2,1-3H3,(H2,26,34)(H,30,33). The zero-order chi connectivity index (χ0) is 25.5. The largest absolute Gasteiger partial charge is 0.433 e. The summed E-state index contributed by atoms with van der Waals surface area (Å²) in [7, 11) is 0. The van der Waals surface area contributed by atoms with E-state index in [1.165, 1.54) is 6.20 Å². The number of nitrogens with two attached hydrogens (primary N) is 1. The van der Waals surface area contributed by atoms with E-state index >= 15 is 0 Å². The van der Waals surface area contributed by atoms with Gasteiger partial charge in [-0.1, -0.05) is 0 Å². The van der Waals surface area contributed by atoms with Crippen molar-refractivity contribution < 1.29 is 22.8 Å². The zero-order valence-corrected chi connectivity index (χ0v) is 19.9. The summed E-state index contributed by atoms with van der Waals surface area (Å²) < 4.78 is 44.3. The second-order valence-corrected chi connectivity index (χ2v) is 8.94. The summed E-state index contributed by atoms with van der Waals surface area (Å²) in [4.78, 5) is 28.6. The van der Waals surface area contributed by atoms with E-state index in [2.05, 4.69) is 20.5 Å². The number of primary amides is 1. The summed E-state index contributed by atoms with van der Waals surface area (Å²) in [5, 5.41) is 11.3. The average Bonchev–Trinajstić information content (AvgIpc) is 3.48. The number of aromatic nitrogens is 5. The van der Waals surface area contributed by atoms with Gasteiger partial charge in [-0.25, -0.2) is 4.98 Å². The number of pyridine rings is 1. The summed E-state index contributed by atoms with van der Waals surface area (Å²) >= 11 is 0.704. The van der Waals surface area contributed by atoms with Crippen molar-refractivity contribution in [3.05, 3.63) is 46.5 Å². The molecule has 0 spiro atoms. The number of halogens is 3. The van der Waals surface area contributed by atoms with Gasteiger partial charge in [0.1, 0.15) is 15.4 Å². The Hall–Kier alpha value is -3.74. The van der Waals surface area contributed by atoms with Gasteiger partial charge in [-0.3, -0.25) is 19.0 Å². The van der Waals surface area contributed by atoms with Gasteiger partial charge >= 0.3 is 6.18 Å². The number of hydrogen-bond acceptors (Lipinski definition) is 6. The number of alkyl halides is 3. The maximum absolute atomic E-state index is 13.7. The molecule has 0 aromatic carbocycles. The normalized spacial score (nSPS) is 11.8. The lowest BCUT2D eigenvalue weighted by atomic mass is 10.0. The number of thiophene rings is 1. The minimum atomic E-state index is -4.72. The molecule has 4 heterocycles. The van der Waals surface area contributed by atoms with Crippen LogP contribution >= 0.6 is 11.3 Å². The Balaban J connectivity index is 1.85. The number of nitrogens with zero attached hydrogens (tertiary/aromatic N) is 5. The number of hydrogen-bond donors (Lipinski definition) is 2. The minimum absolute atomic E-state index is 0.0207. The van der Waals surface area contributed by atoms with Crippen molar-refractivity contribution in [2.24, 2.45) is 5.73 Å². The molecule has 0 aliphatic rings. The molecule has 0 aliphatic carbocycles. The molecule has 4 aromatic heterocycles. The van der Waals surface area contributed by atoms with E-state index in [1.54, 1.807) is 28.7 Å². The molecule has 0 radical (unpaired) electrons. The molecular formula is C22H22F3N7O2S. The van der Waals surface area contributed by atoms with Gasteiger partial charge in [-0.15, -0.1) is 11.3 Å². The van der Waals surface area contributed by atoms with E-state index < -0.39 is 23.7 Å². The van der Waals surface area contributed by atoms with Crippen molar-refractivity contribution in [3.8, 4) is 11.1 Å². The number of anilines is 1. The number of nitrogens with one attached hydrogen (secondary N) is 1. The van der Waals surface area contributed by atoms with Crippen molar-refractivity contribution in [2.45, 2.75) is 46.5 Å². The lowest BCUT2D eigenvalue weighted by Crippen LogP contribution is -2.18. The summed E-state index contributed by atoms with van der Waals surface area (Å²) in [6.45, 7) is 6.25. The third-order valence-electron chi connectivity index (χ3n) is 5.46. The van der Waals surface area contributed by atoms with Crippen LogP contribution in [0.5, 0.6) is 0 Å². The lowest BCUT2D eigenvalue weighted by molar-refractivity contribution is -0.140. The fraction of sp³-hybridized carbons (Fsp3) is 0.318. The molecule has 0 saturated heterocycles. The summed E-state index contributed by atoms with van der Waals surface area (Å²) in [5.74, 6) is -1.33. The first-order valence-electron chi connectivity index (χ1n) is 10.7. The fourth-order valence-electron chi connectivity index (χ4n) is 3.79. The van der Waals surface area contributed by atoms with Gasteiger partial charge in [0.25, 0.3) is 5.91 Å². The Morgan fingerprint density at radius 3 is 2.49 bits per heavy atom. The molecular weight excluding hydrogens is 483 g/mol. The number of aryl methyl sites for hydroxylation is 3. The molecule has 0 saturated carbocycles. The van der Waals surface area contributed by atoms with Crippen molar-refractivity contribution >= 4 is 39.1 Å². The lowest BCUT2D eigenvalue weighted by Gasteiger charge is -2.12. The highest BCUT2D eigenvalue weighted by Gasteiger charge is 2.35. The van der Waals surface area contributed by atoms with Crippen molar-refractivity contribution in [1.82, 2.24) is 24.5 Å². The van der Waals surface area contributed by atoms with Crippen LogP contribution in [0.1, 0.15) is 40.0 Å². The number of carbonyl (C=O) groups is 2. The SMILES string of the molecule is CCn1ncc(-c2cc(C(F)(F)F)nc3sc(C(N)=O)c(NC(=O)CCn4cc(C)cn4)c23)c1C. The van der Waals surface area contributed by atoms with E-state index in [1.807, 2.05) is 13.8 Å². The van der Waals surface area contributed by atoms with E-state index in [0.717, 1.165) is 11.6 Å². The number of carbonyl (C=O) groups excluding carboxylic acids is 2. The highest BCUT2D eigenvalue weighted by atomic mass is 32.1. The van der Waals surface area contributed by atoms with E-state index in [0.29, 0.717) is 29.1 Å². The van der Waals surface area contributed by atoms with E-state index in [4.69, 9.17) is 5.73 Å². The summed E-state index contributed by atoms with van der Waals surface area (Å²) in [5.41, 5.74) is 6.60. The second-order valence-electron chi connectivity index (χ2n) is 7.94. The van der Waals surface area contributed by atoms with Crippen molar-refractivity contribution in [1.29, 1.82) is 0 Å². The predicted molar refractivity (Wildman–Crippen MR) is 125 cm³/mol. The van der Waals surface area contributed by atoms with Crippen LogP contribution in [0.3, 0.4) is 0 Å². The van der Waals surface area contributed by atoms with Crippen LogP contribution in [0.4, 0.5) is 18.9 Å². The Morgan fingerprint density at radius 1 is 1.17 bits per heavy atom. The predicted octanol–water partition coefficient (Wildman–Crippen LogP) is 4.14. The number of amides is 2. The molecule has 4 rings (SSSR count). The fourth-order valence-corrected chi connectivity index (χ4v) is 4.79. The molecule has 9 nitrogen and oxygen atoms in total. The maximum Gasteiger partial charge on any atom is 0.433 e. The maximum atomic E-state index is 13.7. The Kier molecular flexibility index (Phi) is 6.36. The molecule has 2 amide bonds. The molecule has 0 unspecified atom stereocenters. The van der Waals surface area contributed by atoms with E-state index in [9.17, 15) is 22.8 Å². The Labute approximate surface area is 201 Å². The molecule has 0 atom stereocenters. The molecule has 35 heavy (non-hydrogen) atoms. The topological polar surface area (TPSA) is 121 Å². The quantitative estimate of drug-likeness (QED) is 0.391. The van der Waals surface area contributed by atoms with Gasteiger partial charge in [-0.05, 0) is 38.0 Å². The van der Waals surface area contributed by atoms with Crippen LogP contribution in [0.15, 0.2) is 24.7 Å². The van der Waals surface area contributed by atoms with Crippen molar-refractivity contribution in [3.63, 3.8) is 0 Å². The van der Waals surface area contributed by atoms with Crippen molar-refractivity contribution in [2.75, 3.05) is 5.32 Å². The highest BCUT2D eigenvalue weighted by molar-refractivity contribution is 7.21. The van der Waals surface area contributed by atoms with Gasteiger partial charge in [0, 0.05) is 42.4 Å². The first kappa shape index (κ1) is 24.4. The van der Waals surface area contributed by atoms with Gasteiger partial charge in [-0.2, -0.15) is 23.4 Å². The van der Waals surface area contributed by atoms with Crippen LogP contribution < -0.4 is 11.1 Å². The monoisotopic (exact) mass is 505 g/mol. The van der Waals surface area contributed by atoms with Gasteiger partial charge < -0.3 is 11.1 Å². The molecule has 0 bridgehead atoms. The summed E-state index contributed by atoms with van der Waals surface area (Å²) in [6.07, 6.45) is 0.190. The Morgan fingerprint density at radius 2 is 1.91 bits per heavy atom. The van der Waals surface area contributed by atoms with Crippen LogP contribution in [-0.4, -0.2) is 36.4 Å². The molecule has 3 N–H and O–H groups in total. The first-order valence-corrected chi connectivity index (χ1v) is 11.5. The molecule has 0 fully saturated rings. The van der Waals surface area contributed by atoms with Crippen LogP contribution in [0.25, 0.3) is 21.3 Å². The average molecular weight is 506 g/mol. The highest BCUT2D eigenvalue weighted by Crippen LogP contribution is 2.44. The third-order valence-corrected chi connectivity index (χ3v) is 6.56. The zero-order valence-electron chi connectivity index (χ0n) is 19.1. The smallest absolute Gasteiger partial charge is 0.365 e. The molecule has 4 aromatic rings. The Bertz CT molecular complexity index is 1430. The van der Waals surface area contributed by atoms with Crippen LogP contribution in [0, 0.1) is 13.8 Å². The van der Waals surface area contributed by atoms with Gasteiger partial charge in [0.15, 0.2) is 0 Å². The molecule has 13 heteroatoms. The van der Waals surface area contributed by atoms with Gasteiger partial charge in [0.2, 0.25) is 5.91 Å². The van der Waals surface area contributed by atoms with Gasteiger partial charge in [0.05, 0.1) is 18.1 Å². The second kappa shape index (κ2) is 9.13. The summed E-state index contributed by atoms with van der Waals surface area (Å²) in [6, 6.07) is 0.909. The van der Waals surface area contributed by atoms with Crippen LogP contribution in [0.2, 0.25) is 0 Å². The number of rotatable bonds is 7. The number of fused-ring (bicyclic) bond motifs is 1. The minimum Gasteiger partial charge on any atom is -0.365 e.